The number of nitrogens with zero attached hydrogens (tertiary/aromatic N) is 3. The Bertz CT molecular complexity index is 1050. The van der Waals surface area contributed by atoms with Crippen LogP contribution in [0.15, 0.2) is 42.5 Å². The number of fused-ring (bicyclic) bond motifs is 1. The third-order valence-corrected chi connectivity index (χ3v) is 4.77. The van der Waals surface area contributed by atoms with Gasteiger partial charge in [-0.15, -0.1) is 0 Å². The van der Waals surface area contributed by atoms with Crippen LogP contribution in [0.1, 0.15) is 35.6 Å². The number of aryl methyl sites for hydroxylation is 2. The average Bonchev–Trinajstić information content (AvgIpc) is 2.98. The van der Waals surface area contributed by atoms with E-state index in [0.717, 1.165) is 28.1 Å². The van der Waals surface area contributed by atoms with Crippen molar-refractivity contribution in [2.75, 3.05) is 12.4 Å². The first-order valence-corrected chi connectivity index (χ1v) is 9.60. The van der Waals surface area contributed by atoms with Crippen molar-refractivity contribution in [3.8, 4) is 0 Å². The van der Waals surface area contributed by atoms with Gasteiger partial charge in [0, 0.05) is 31.4 Å². The van der Waals surface area contributed by atoms with Crippen LogP contribution in [0.25, 0.3) is 11.0 Å². The van der Waals surface area contributed by atoms with Crippen molar-refractivity contribution < 1.29 is 9.59 Å². The second kappa shape index (κ2) is 8.34. The molecule has 0 radical (unpaired) electrons. The molecular formula is C22H27N5O2. The van der Waals surface area contributed by atoms with E-state index in [1.165, 1.54) is 0 Å². The summed E-state index contributed by atoms with van der Waals surface area (Å²) in [5, 5.41) is 5.81. The molecule has 3 amide bonds. The molecule has 0 bridgehead atoms. The molecule has 1 heterocycles. The fourth-order valence-electron chi connectivity index (χ4n) is 3.09. The van der Waals surface area contributed by atoms with Crippen LogP contribution in [0, 0.1) is 6.92 Å². The van der Waals surface area contributed by atoms with Gasteiger partial charge in [-0.1, -0.05) is 18.2 Å². The molecule has 0 aliphatic heterocycles. The second-order valence-corrected chi connectivity index (χ2v) is 7.52. The fraction of sp³-hybridized carbons (Fsp3) is 0.318. The summed E-state index contributed by atoms with van der Waals surface area (Å²) in [7, 11) is 3.64. The van der Waals surface area contributed by atoms with Crippen molar-refractivity contribution in [3.05, 3.63) is 59.4 Å². The highest BCUT2D eigenvalue weighted by molar-refractivity contribution is 5.97. The van der Waals surface area contributed by atoms with Crippen LogP contribution in [0.5, 0.6) is 0 Å². The third kappa shape index (κ3) is 4.56. The molecule has 0 saturated heterocycles. The van der Waals surface area contributed by atoms with Gasteiger partial charge in [0.15, 0.2) is 0 Å². The Balaban J connectivity index is 1.77. The van der Waals surface area contributed by atoms with Gasteiger partial charge in [-0.3, -0.25) is 4.79 Å². The molecule has 3 rings (SSSR count). The van der Waals surface area contributed by atoms with Crippen molar-refractivity contribution in [1.29, 1.82) is 0 Å². The maximum atomic E-state index is 12.6. The molecule has 0 aliphatic carbocycles. The van der Waals surface area contributed by atoms with E-state index >= 15 is 0 Å². The molecular weight excluding hydrogens is 366 g/mol. The molecule has 0 atom stereocenters. The molecule has 0 aliphatic rings. The maximum absolute atomic E-state index is 12.6. The number of carbonyl (C=O) groups excluding carboxylic acids is 2. The van der Waals surface area contributed by atoms with Crippen LogP contribution in [0.4, 0.5) is 10.5 Å². The molecule has 1 aromatic heterocycles. The summed E-state index contributed by atoms with van der Waals surface area (Å²) >= 11 is 0. The molecule has 29 heavy (non-hydrogen) atoms. The number of urea groups is 1. The summed E-state index contributed by atoms with van der Waals surface area (Å²) < 4.78 is 1.94. The lowest BCUT2D eigenvalue weighted by Crippen LogP contribution is -2.32. The summed E-state index contributed by atoms with van der Waals surface area (Å²) in [6, 6.07) is 13.0. The number of carbonyl (C=O) groups is 2. The Morgan fingerprint density at radius 2 is 1.90 bits per heavy atom. The van der Waals surface area contributed by atoms with Gasteiger partial charge in [-0.25, -0.2) is 9.78 Å². The zero-order chi connectivity index (χ0) is 21.1. The van der Waals surface area contributed by atoms with E-state index in [1.807, 2.05) is 62.7 Å². The van der Waals surface area contributed by atoms with Gasteiger partial charge in [-0.2, -0.15) is 0 Å². The van der Waals surface area contributed by atoms with Crippen molar-refractivity contribution in [2.45, 2.75) is 33.4 Å². The standard InChI is InChI=1S/C22H27N5O2/c1-14(2)23-21(28)16-10-11-19-18(12-16)24-20(27(19)5)13-26(4)22(29)25-17-9-7-6-8-15(17)3/h6-12,14H,13H2,1-5H3,(H,23,28)(H,25,29). The molecule has 2 N–H and O–H groups in total. The van der Waals surface area contributed by atoms with Crippen molar-refractivity contribution >= 4 is 28.7 Å². The van der Waals surface area contributed by atoms with Gasteiger partial charge in [-0.05, 0) is 50.6 Å². The third-order valence-electron chi connectivity index (χ3n) is 4.77. The number of hydrogen-bond acceptors (Lipinski definition) is 3. The first-order valence-electron chi connectivity index (χ1n) is 9.60. The van der Waals surface area contributed by atoms with Crippen LogP contribution in [-0.2, 0) is 13.6 Å². The maximum Gasteiger partial charge on any atom is 0.321 e. The minimum Gasteiger partial charge on any atom is -0.350 e. The highest BCUT2D eigenvalue weighted by atomic mass is 16.2. The number of nitrogens with one attached hydrogen (secondary N) is 2. The van der Waals surface area contributed by atoms with Crippen molar-refractivity contribution in [1.82, 2.24) is 19.8 Å². The summed E-state index contributed by atoms with van der Waals surface area (Å²) in [4.78, 5) is 31.0. The Hall–Kier alpha value is -3.35. The van der Waals surface area contributed by atoms with Crippen LogP contribution in [0.2, 0.25) is 0 Å². The van der Waals surface area contributed by atoms with Gasteiger partial charge in [0.1, 0.15) is 5.82 Å². The number of amides is 3. The number of benzene rings is 2. The van der Waals surface area contributed by atoms with E-state index in [4.69, 9.17) is 0 Å². The molecule has 3 aromatic rings. The predicted molar refractivity (Wildman–Crippen MR) is 115 cm³/mol. The van der Waals surface area contributed by atoms with Crippen LogP contribution in [0.3, 0.4) is 0 Å². The van der Waals surface area contributed by atoms with Gasteiger partial charge in [0.05, 0.1) is 17.6 Å². The van der Waals surface area contributed by atoms with E-state index < -0.39 is 0 Å². The van der Waals surface area contributed by atoms with E-state index in [-0.39, 0.29) is 18.0 Å². The summed E-state index contributed by atoms with van der Waals surface area (Å²) in [6.45, 7) is 6.14. The normalized spacial score (nSPS) is 11.0. The molecule has 0 spiro atoms. The number of rotatable bonds is 5. The highest BCUT2D eigenvalue weighted by Gasteiger charge is 2.16. The Kier molecular flexibility index (Phi) is 5.87. The fourth-order valence-corrected chi connectivity index (χ4v) is 3.09. The topological polar surface area (TPSA) is 79.3 Å². The number of anilines is 1. The predicted octanol–water partition coefficient (Wildman–Crippen LogP) is 3.68. The first kappa shape index (κ1) is 20.4. The van der Waals surface area contributed by atoms with Crippen LogP contribution in [-0.4, -0.2) is 39.5 Å². The highest BCUT2D eigenvalue weighted by Crippen LogP contribution is 2.19. The SMILES string of the molecule is Cc1ccccc1NC(=O)N(C)Cc1nc2cc(C(=O)NC(C)C)ccc2n1C. The van der Waals surface area contributed by atoms with E-state index in [2.05, 4.69) is 15.6 Å². The van der Waals surface area contributed by atoms with Gasteiger partial charge in [0.25, 0.3) is 5.91 Å². The van der Waals surface area contributed by atoms with Gasteiger partial charge >= 0.3 is 6.03 Å². The van der Waals surface area contributed by atoms with Gasteiger partial charge in [0.2, 0.25) is 0 Å². The molecule has 152 valence electrons. The van der Waals surface area contributed by atoms with Crippen LogP contribution >= 0.6 is 0 Å². The summed E-state index contributed by atoms with van der Waals surface area (Å²) in [6.07, 6.45) is 0. The lowest BCUT2D eigenvalue weighted by atomic mass is 10.2. The number of imidazole rings is 1. The van der Waals surface area contributed by atoms with Crippen molar-refractivity contribution in [2.24, 2.45) is 7.05 Å². The largest absolute Gasteiger partial charge is 0.350 e. The smallest absolute Gasteiger partial charge is 0.321 e. The monoisotopic (exact) mass is 393 g/mol. The Morgan fingerprint density at radius 3 is 2.59 bits per heavy atom. The van der Waals surface area contributed by atoms with E-state index in [0.29, 0.717) is 12.1 Å². The average molecular weight is 393 g/mol. The Labute approximate surface area is 170 Å². The molecule has 0 saturated carbocycles. The van der Waals surface area contributed by atoms with Crippen LogP contribution < -0.4 is 10.6 Å². The lowest BCUT2D eigenvalue weighted by molar-refractivity contribution is 0.0943. The summed E-state index contributed by atoms with van der Waals surface area (Å²) in [5.74, 6) is 0.618. The van der Waals surface area contributed by atoms with E-state index in [1.54, 1.807) is 24.1 Å². The van der Waals surface area contributed by atoms with E-state index in [9.17, 15) is 9.59 Å². The minimum absolute atomic E-state index is 0.0675. The second-order valence-electron chi connectivity index (χ2n) is 7.52. The van der Waals surface area contributed by atoms with Crippen molar-refractivity contribution in [3.63, 3.8) is 0 Å². The number of para-hydroxylation sites is 1. The number of aromatic nitrogens is 2. The Morgan fingerprint density at radius 1 is 1.17 bits per heavy atom. The zero-order valence-electron chi connectivity index (χ0n) is 17.5. The van der Waals surface area contributed by atoms with Gasteiger partial charge < -0.3 is 20.1 Å². The first-order chi connectivity index (χ1) is 13.8. The number of hydrogen-bond donors (Lipinski definition) is 2. The minimum atomic E-state index is -0.205. The summed E-state index contributed by atoms with van der Waals surface area (Å²) in [5.41, 5.74) is 4.00. The molecule has 7 heteroatoms. The molecule has 0 fully saturated rings. The zero-order valence-corrected chi connectivity index (χ0v) is 17.5. The molecule has 2 aromatic carbocycles. The molecule has 0 unspecified atom stereocenters. The lowest BCUT2D eigenvalue weighted by Gasteiger charge is -2.18. The molecule has 7 nitrogen and oxygen atoms in total. The quantitative estimate of drug-likeness (QED) is 0.694.